The van der Waals surface area contributed by atoms with Gasteiger partial charge in [0.05, 0.1) is 76.7 Å². The molecular formula is C73H155N9O12. The topological polar surface area (TPSA) is 426 Å². The first-order valence-electron chi connectivity index (χ1n) is 37.4. The Kier molecular flexibility index (Phi) is 69.0. The van der Waals surface area contributed by atoms with Crippen molar-refractivity contribution < 1.29 is 61.3 Å². The molecule has 26 N–H and O–H groups in total. The molecule has 1 aromatic rings. The summed E-state index contributed by atoms with van der Waals surface area (Å²) in [6.45, 7) is 14.7. The fourth-order valence-corrected chi connectivity index (χ4v) is 11.5. The molecule has 564 valence electrons. The van der Waals surface area contributed by atoms with E-state index in [0.29, 0.717) is 56.1 Å². The summed E-state index contributed by atoms with van der Waals surface area (Å²) in [6, 6.07) is 10.3. The number of aliphatic hydroxyl groups excluding tert-OH is 12. The van der Waals surface area contributed by atoms with Gasteiger partial charge in [-0.3, -0.25) is 0 Å². The minimum Gasteiger partial charge on any atom is -0.396 e. The fourth-order valence-electron chi connectivity index (χ4n) is 11.5. The molecule has 1 heterocycles. The predicted octanol–water partition coefficient (Wildman–Crippen LogP) is 6.09. The summed E-state index contributed by atoms with van der Waals surface area (Å²) in [7, 11) is 1.99. The Labute approximate surface area is 573 Å². The predicted molar refractivity (Wildman–Crippen MR) is 390 cm³/mol. The van der Waals surface area contributed by atoms with Crippen LogP contribution in [0.2, 0.25) is 0 Å². The van der Waals surface area contributed by atoms with Gasteiger partial charge in [-0.15, -0.1) is 0 Å². The highest BCUT2D eigenvalue weighted by Crippen LogP contribution is 2.27. The SMILES string of the molecule is CCC(C)C(N)CO.CCCCCC(C)NCC(O)CO.CCCCCCCCN(C)CC(O)CO.NC(CO)C1CCCCC1.NC(CO)c1ccccc1.NC1(CO)CCCC1.NC1CCCC1O.NC1CCCCC1O.OCC1CCCCC1.OCC1CCCN1. The Morgan fingerprint density at radius 3 is 1.49 bits per heavy atom. The number of hydrogen-bond donors (Lipinski definition) is 20. The maximum absolute atomic E-state index is 9.21. The van der Waals surface area contributed by atoms with Crippen LogP contribution in [0.4, 0.5) is 0 Å². The van der Waals surface area contributed by atoms with Crippen LogP contribution in [0.3, 0.4) is 0 Å². The summed E-state index contributed by atoms with van der Waals surface area (Å²) in [6.07, 6.45) is 39.1. The summed E-state index contributed by atoms with van der Waals surface area (Å²) < 4.78 is 0. The number of nitrogens with zero attached hydrogens (tertiary/aromatic N) is 1. The average molecular weight is 1350 g/mol. The molecule has 12 unspecified atom stereocenters. The van der Waals surface area contributed by atoms with Gasteiger partial charge in [0.1, 0.15) is 0 Å². The van der Waals surface area contributed by atoms with E-state index in [4.69, 9.17) is 90.6 Å². The molecule has 0 amide bonds. The fraction of sp³-hybridized carbons (Fsp3) is 0.918. The van der Waals surface area contributed by atoms with Crippen LogP contribution in [0.1, 0.15) is 265 Å². The van der Waals surface area contributed by atoms with Crippen molar-refractivity contribution in [3.05, 3.63) is 35.9 Å². The summed E-state index contributed by atoms with van der Waals surface area (Å²) in [5.74, 6) is 1.68. The average Bonchev–Trinajstić information content (AvgIpc) is 3.88. The van der Waals surface area contributed by atoms with Crippen LogP contribution < -0.4 is 45.0 Å². The Morgan fingerprint density at radius 2 is 1.10 bits per heavy atom. The van der Waals surface area contributed by atoms with E-state index in [-0.39, 0.29) is 87.6 Å². The van der Waals surface area contributed by atoms with E-state index in [1.54, 1.807) is 0 Å². The van der Waals surface area contributed by atoms with Crippen LogP contribution in [-0.2, 0) is 0 Å². The highest BCUT2D eigenvalue weighted by molar-refractivity contribution is 5.18. The molecule has 1 saturated heterocycles. The highest BCUT2D eigenvalue weighted by atomic mass is 16.3. The number of likely N-dealkylation sites (N-methyl/N-ethyl adjacent to an activating group) is 1. The summed E-state index contributed by atoms with van der Waals surface area (Å²) >= 11 is 0. The molecule has 1 aromatic carbocycles. The number of unbranched alkanes of at least 4 members (excludes halogenated alkanes) is 7. The van der Waals surface area contributed by atoms with E-state index in [1.807, 2.05) is 44.3 Å². The van der Waals surface area contributed by atoms with E-state index >= 15 is 0 Å². The molecule has 0 spiro atoms. The number of rotatable bonds is 28. The van der Waals surface area contributed by atoms with Crippen molar-refractivity contribution >= 4 is 0 Å². The summed E-state index contributed by atoms with van der Waals surface area (Å²) in [5, 5.41) is 112. The molecule has 5 aliphatic carbocycles. The van der Waals surface area contributed by atoms with E-state index in [0.717, 1.165) is 89.3 Å². The molecule has 6 aliphatic rings. The molecule has 6 fully saturated rings. The van der Waals surface area contributed by atoms with Crippen molar-refractivity contribution in [3.63, 3.8) is 0 Å². The second kappa shape index (κ2) is 67.2. The van der Waals surface area contributed by atoms with Gasteiger partial charge in [0.2, 0.25) is 0 Å². The number of nitrogens with one attached hydrogen (secondary N) is 2. The standard InChI is InChI=1S/C12H27NO2.C10H23NO2.C8H17NO.C8H11NO.C7H14O.2C6H13NO.C6H15NO.2C5H11NO/c1-3-4-5-6-7-8-9-13(2)10-12(15)11-14;1-3-4-5-6-9(2)11-7-10(13)8-12;2*9-8(6-10)7-4-2-1-3-5-7;8-6-7-4-2-1-3-5-7;7-6(5-8)3-1-2-4-6;7-5-3-1-2-4-6(5)8;1-3-5(2)6(7)4-8;7-4-5-2-1-3-6-5;6-4-2-1-3-5(4)7/h12,14-15H,3-11H2,1-2H3;9-13H,3-8H2,1-2H3;7-8,10H,1-6,9H2;1-5,8,10H,6,9H2;7-8H,1-6H2;8H,1-5,7H2;5-6,8H,1-4,7H2;5-6,8H,3-4,7H2,1-2H3;5-7H,1-4H2;4-5,7H,1-3,6H2. The van der Waals surface area contributed by atoms with Crippen LogP contribution in [-0.4, -0.2) is 218 Å². The first-order chi connectivity index (χ1) is 45.0. The largest absolute Gasteiger partial charge is 0.396 e. The van der Waals surface area contributed by atoms with Crippen molar-refractivity contribution in [2.45, 2.75) is 325 Å². The molecule has 5 saturated carbocycles. The molecule has 0 radical (unpaired) electrons. The first-order valence-corrected chi connectivity index (χ1v) is 37.4. The maximum atomic E-state index is 9.21. The lowest BCUT2D eigenvalue weighted by Crippen LogP contribution is -2.40. The van der Waals surface area contributed by atoms with Gasteiger partial charge in [0.25, 0.3) is 0 Å². The highest BCUT2D eigenvalue weighted by Gasteiger charge is 2.28. The first kappa shape index (κ1) is 96.6. The molecule has 21 heteroatoms. The Morgan fingerprint density at radius 1 is 0.574 bits per heavy atom. The smallest absolute Gasteiger partial charge is 0.0897 e. The van der Waals surface area contributed by atoms with Crippen LogP contribution >= 0.6 is 0 Å². The van der Waals surface area contributed by atoms with Crippen molar-refractivity contribution in [2.24, 2.45) is 52.2 Å². The number of aliphatic hydroxyl groups is 12. The lowest BCUT2D eigenvalue weighted by molar-refractivity contribution is 0.0662. The van der Waals surface area contributed by atoms with Crippen molar-refractivity contribution in [1.82, 2.24) is 15.5 Å². The van der Waals surface area contributed by atoms with Crippen LogP contribution in [0.15, 0.2) is 30.3 Å². The molecule has 0 bridgehead atoms. The van der Waals surface area contributed by atoms with Gasteiger partial charge in [0.15, 0.2) is 0 Å². The van der Waals surface area contributed by atoms with Gasteiger partial charge >= 0.3 is 0 Å². The second-order valence-electron chi connectivity index (χ2n) is 27.8. The lowest BCUT2D eigenvalue weighted by atomic mass is 9.85. The molecule has 21 nitrogen and oxygen atoms in total. The zero-order chi connectivity index (χ0) is 71.2. The monoisotopic (exact) mass is 1350 g/mol. The lowest BCUT2D eigenvalue weighted by Gasteiger charge is -2.25. The van der Waals surface area contributed by atoms with Gasteiger partial charge in [0, 0.05) is 61.5 Å². The van der Waals surface area contributed by atoms with Gasteiger partial charge in [-0.05, 0) is 147 Å². The third kappa shape index (κ3) is 57.2. The van der Waals surface area contributed by atoms with Crippen molar-refractivity contribution in [1.29, 1.82) is 0 Å². The normalized spacial score (nSPS) is 22.9. The maximum Gasteiger partial charge on any atom is 0.0897 e. The van der Waals surface area contributed by atoms with Gasteiger partial charge in [-0.2, -0.15) is 0 Å². The third-order valence-corrected chi connectivity index (χ3v) is 18.8. The molecule has 0 aromatic heterocycles. The van der Waals surface area contributed by atoms with Crippen LogP contribution in [0, 0.1) is 17.8 Å². The summed E-state index contributed by atoms with van der Waals surface area (Å²) in [5.41, 5.74) is 34.2. The molecule has 94 heavy (non-hydrogen) atoms. The van der Waals surface area contributed by atoms with Crippen LogP contribution in [0.25, 0.3) is 0 Å². The van der Waals surface area contributed by atoms with E-state index in [1.165, 1.54) is 148 Å². The van der Waals surface area contributed by atoms with Gasteiger partial charge in [-0.25, -0.2) is 0 Å². The van der Waals surface area contributed by atoms with E-state index in [2.05, 4.69) is 43.2 Å². The minimum absolute atomic E-state index is 0.00398. The minimum atomic E-state index is -0.617. The van der Waals surface area contributed by atoms with Gasteiger partial charge < -0.3 is 111 Å². The molecule has 12 atom stereocenters. The Balaban J connectivity index is -0.000000987. The summed E-state index contributed by atoms with van der Waals surface area (Å²) in [4.78, 5) is 2.08. The number of nitrogens with two attached hydrogens (primary N) is 6. The van der Waals surface area contributed by atoms with Crippen molar-refractivity contribution in [3.8, 4) is 0 Å². The number of benzene rings is 1. The quantitative estimate of drug-likeness (QED) is 0.0422. The van der Waals surface area contributed by atoms with Gasteiger partial charge in [-0.1, -0.05) is 180 Å². The zero-order valence-electron chi connectivity index (χ0n) is 60.8. The molecular weight excluding hydrogens is 1190 g/mol. The molecule has 1 aliphatic heterocycles. The number of hydrogen-bond acceptors (Lipinski definition) is 21. The van der Waals surface area contributed by atoms with Crippen LogP contribution in [0.5, 0.6) is 0 Å². The zero-order valence-corrected chi connectivity index (χ0v) is 60.8. The van der Waals surface area contributed by atoms with Crippen molar-refractivity contribution in [2.75, 3.05) is 86.1 Å². The Bertz CT molecular complexity index is 1620. The molecule has 7 rings (SSSR count). The Hall–Kier alpha value is -1.62. The van der Waals surface area contributed by atoms with E-state index in [9.17, 15) is 5.11 Å². The van der Waals surface area contributed by atoms with E-state index < -0.39 is 12.2 Å². The third-order valence-electron chi connectivity index (χ3n) is 18.8. The second-order valence-corrected chi connectivity index (χ2v) is 27.8.